The van der Waals surface area contributed by atoms with Crippen LogP contribution in [0.3, 0.4) is 0 Å². The Morgan fingerprint density at radius 2 is 2.06 bits per heavy atom. The molecule has 17 heavy (non-hydrogen) atoms. The van der Waals surface area contributed by atoms with E-state index in [0.717, 1.165) is 5.56 Å². The molecule has 1 aromatic carbocycles. The van der Waals surface area contributed by atoms with Gasteiger partial charge < -0.3 is 15.7 Å². The van der Waals surface area contributed by atoms with E-state index in [0.29, 0.717) is 13.0 Å². The monoisotopic (exact) mass is 236 g/mol. The number of nitrogens with two attached hydrogens (primary N) is 1. The molecule has 1 atom stereocenters. The largest absolute Gasteiger partial charge is 0.508 e. The number of hydrogen-bond donors (Lipinski definition) is 2. The van der Waals surface area contributed by atoms with E-state index in [4.69, 9.17) is 5.73 Å². The minimum absolute atomic E-state index is 0.122. The number of carbonyl (C=O) groups is 1. The van der Waals surface area contributed by atoms with Gasteiger partial charge in [-0.15, -0.1) is 0 Å². The first-order valence-electron chi connectivity index (χ1n) is 5.70. The quantitative estimate of drug-likeness (QED) is 0.832. The highest BCUT2D eigenvalue weighted by atomic mass is 16.3. The van der Waals surface area contributed by atoms with E-state index in [9.17, 15) is 9.90 Å². The first kappa shape index (κ1) is 13.5. The van der Waals surface area contributed by atoms with Gasteiger partial charge in [0, 0.05) is 19.2 Å². The highest BCUT2D eigenvalue weighted by molar-refractivity contribution is 5.85. The van der Waals surface area contributed by atoms with E-state index in [1.165, 1.54) is 0 Å². The molecule has 94 valence electrons. The average molecular weight is 236 g/mol. The molecule has 0 fully saturated rings. The fourth-order valence-electron chi connectivity index (χ4n) is 1.56. The molecular weight excluding hydrogens is 216 g/mol. The average Bonchev–Trinajstić information content (AvgIpc) is 2.31. The van der Waals surface area contributed by atoms with Crippen molar-refractivity contribution in [3.8, 4) is 5.75 Å². The number of phenols is 1. The summed E-state index contributed by atoms with van der Waals surface area (Å²) in [5, 5.41) is 9.63. The molecule has 0 aliphatic heterocycles. The minimum Gasteiger partial charge on any atom is -0.508 e. The molecule has 0 aliphatic carbocycles. The molecule has 4 nitrogen and oxygen atoms in total. The number of amides is 1. The van der Waals surface area contributed by atoms with Crippen molar-refractivity contribution in [3.63, 3.8) is 0 Å². The summed E-state index contributed by atoms with van der Waals surface area (Å²) in [6, 6.07) is 6.97. The topological polar surface area (TPSA) is 66.6 Å². The number of likely N-dealkylation sites (N-methyl/N-ethyl adjacent to an activating group) is 1. The van der Waals surface area contributed by atoms with Crippen molar-refractivity contribution in [2.24, 2.45) is 5.73 Å². The Kier molecular flexibility index (Phi) is 4.12. The van der Waals surface area contributed by atoms with Crippen LogP contribution in [-0.2, 0) is 11.3 Å². The lowest BCUT2D eigenvalue weighted by atomic mass is 9.98. The van der Waals surface area contributed by atoms with Crippen LogP contribution in [-0.4, -0.2) is 28.5 Å². The lowest BCUT2D eigenvalue weighted by molar-refractivity contribution is -0.135. The van der Waals surface area contributed by atoms with Crippen LogP contribution in [0.1, 0.15) is 25.8 Å². The Labute approximate surface area is 102 Å². The zero-order valence-electron chi connectivity index (χ0n) is 10.6. The van der Waals surface area contributed by atoms with Gasteiger partial charge in [-0.3, -0.25) is 4.79 Å². The van der Waals surface area contributed by atoms with Crippen LogP contribution >= 0.6 is 0 Å². The number of carbonyl (C=O) groups excluding carboxylic acids is 1. The van der Waals surface area contributed by atoms with E-state index in [-0.39, 0.29) is 11.7 Å². The van der Waals surface area contributed by atoms with Crippen LogP contribution in [0.15, 0.2) is 24.3 Å². The fraction of sp³-hybridized carbons (Fsp3) is 0.462. The molecule has 1 aromatic rings. The number of hydrogen-bond acceptors (Lipinski definition) is 3. The number of para-hydroxylation sites is 1. The van der Waals surface area contributed by atoms with Crippen molar-refractivity contribution >= 4 is 5.91 Å². The van der Waals surface area contributed by atoms with Crippen LogP contribution in [0.2, 0.25) is 0 Å². The fourth-order valence-corrected chi connectivity index (χ4v) is 1.56. The predicted molar refractivity (Wildman–Crippen MR) is 67.5 cm³/mol. The Bertz CT molecular complexity index is 402. The summed E-state index contributed by atoms with van der Waals surface area (Å²) in [6.07, 6.45) is 0.580. The summed E-state index contributed by atoms with van der Waals surface area (Å²) in [4.78, 5) is 13.6. The Hall–Kier alpha value is -1.55. The molecular formula is C13H20N2O2. The Balaban J connectivity index is 2.77. The number of benzene rings is 1. The van der Waals surface area contributed by atoms with Crippen LogP contribution in [0.5, 0.6) is 5.75 Å². The number of rotatable bonds is 4. The molecule has 0 saturated carbocycles. The van der Waals surface area contributed by atoms with Gasteiger partial charge in [0.15, 0.2) is 0 Å². The molecule has 1 rings (SSSR count). The molecule has 0 aromatic heterocycles. The molecule has 1 unspecified atom stereocenters. The second-order valence-electron chi connectivity index (χ2n) is 4.56. The SMILES string of the molecule is CCC(C)(N)C(=O)N(C)Cc1ccccc1O. The van der Waals surface area contributed by atoms with Crippen LogP contribution in [0.4, 0.5) is 0 Å². The van der Waals surface area contributed by atoms with Crippen LogP contribution in [0.25, 0.3) is 0 Å². The minimum atomic E-state index is -0.848. The van der Waals surface area contributed by atoms with E-state index >= 15 is 0 Å². The van der Waals surface area contributed by atoms with Gasteiger partial charge in [-0.05, 0) is 19.4 Å². The maximum atomic E-state index is 12.0. The van der Waals surface area contributed by atoms with Gasteiger partial charge in [-0.25, -0.2) is 0 Å². The molecule has 0 bridgehead atoms. The maximum Gasteiger partial charge on any atom is 0.242 e. The standard InChI is InChI=1S/C13H20N2O2/c1-4-13(2,14)12(17)15(3)9-10-7-5-6-8-11(10)16/h5-8,16H,4,9,14H2,1-3H3. The lowest BCUT2D eigenvalue weighted by Gasteiger charge is -2.28. The third-order valence-electron chi connectivity index (χ3n) is 2.97. The van der Waals surface area contributed by atoms with Gasteiger partial charge >= 0.3 is 0 Å². The lowest BCUT2D eigenvalue weighted by Crippen LogP contribution is -2.51. The Morgan fingerprint density at radius 3 is 2.59 bits per heavy atom. The summed E-state index contributed by atoms with van der Waals surface area (Å²) in [5.41, 5.74) is 5.77. The Morgan fingerprint density at radius 1 is 1.47 bits per heavy atom. The predicted octanol–water partition coefficient (Wildman–Crippen LogP) is 1.48. The summed E-state index contributed by atoms with van der Waals surface area (Å²) in [6.45, 7) is 3.96. The summed E-state index contributed by atoms with van der Waals surface area (Å²) in [5.74, 6) is 0.0747. The van der Waals surface area contributed by atoms with Crippen molar-refractivity contribution in [3.05, 3.63) is 29.8 Å². The first-order valence-corrected chi connectivity index (χ1v) is 5.70. The third-order valence-corrected chi connectivity index (χ3v) is 2.97. The number of aromatic hydroxyl groups is 1. The van der Waals surface area contributed by atoms with Crippen molar-refractivity contribution in [2.75, 3.05) is 7.05 Å². The summed E-state index contributed by atoms with van der Waals surface area (Å²) in [7, 11) is 1.69. The molecule has 1 amide bonds. The zero-order valence-corrected chi connectivity index (χ0v) is 10.6. The third kappa shape index (κ3) is 3.20. The van der Waals surface area contributed by atoms with Gasteiger partial charge in [0.1, 0.15) is 5.75 Å². The molecule has 0 radical (unpaired) electrons. The molecule has 3 N–H and O–H groups in total. The van der Waals surface area contributed by atoms with E-state index in [2.05, 4.69) is 0 Å². The molecule has 0 heterocycles. The molecule has 0 aliphatic rings. The number of phenolic OH excluding ortho intramolecular Hbond substituents is 1. The van der Waals surface area contributed by atoms with E-state index < -0.39 is 5.54 Å². The smallest absolute Gasteiger partial charge is 0.242 e. The first-order chi connectivity index (χ1) is 7.88. The van der Waals surface area contributed by atoms with Crippen molar-refractivity contribution in [1.82, 2.24) is 4.90 Å². The van der Waals surface area contributed by atoms with E-state index in [1.807, 2.05) is 13.0 Å². The van der Waals surface area contributed by atoms with Crippen molar-refractivity contribution in [2.45, 2.75) is 32.4 Å². The van der Waals surface area contributed by atoms with Gasteiger partial charge in [-0.2, -0.15) is 0 Å². The highest BCUT2D eigenvalue weighted by Gasteiger charge is 2.29. The molecule has 0 saturated heterocycles. The van der Waals surface area contributed by atoms with Gasteiger partial charge in [0.25, 0.3) is 0 Å². The van der Waals surface area contributed by atoms with Gasteiger partial charge in [0.2, 0.25) is 5.91 Å². The number of nitrogens with zero attached hydrogens (tertiary/aromatic N) is 1. The summed E-state index contributed by atoms with van der Waals surface area (Å²) >= 11 is 0. The zero-order chi connectivity index (χ0) is 13.1. The van der Waals surface area contributed by atoms with Crippen LogP contribution in [0, 0.1) is 0 Å². The maximum absolute atomic E-state index is 12.0. The highest BCUT2D eigenvalue weighted by Crippen LogP contribution is 2.18. The molecule has 0 spiro atoms. The van der Waals surface area contributed by atoms with Gasteiger partial charge in [-0.1, -0.05) is 25.1 Å². The molecule has 4 heteroatoms. The van der Waals surface area contributed by atoms with Crippen molar-refractivity contribution < 1.29 is 9.90 Å². The van der Waals surface area contributed by atoms with Gasteiger partial charge in [0.05, 0.1) is 5.54 Å². The second kappa shape index (κ2) is 5.19. The second-order valence-corrected chi connectivity index (χ2v) is 4.56. The van der Waals surface area contributed by atoms with Crippen molar-refractivity contribution in [1.29, 1.82) is 0 Å². The van der Waals surface area contributed by atoms with E-state index in [1.54, 1.807) is 37.1 Å². The summed E-state index contributed by atoms with van der Waals surface area (Å²) < 4.78 is 0. The normalized spacial score (nSPS) is 14.1. The van der Waals surface area contributed by atoms with Crippen LogP contribution < -0.4 is 5.73 Å².